The minimum Gasteiger partial charge on any atom is -0.497 e. The SMILES string of the molecule is COc1ccc2nc3c(cc2c1)c(-c1ccccc1)nn3C. The Balaban J connectivity index is 2.05. The summed E-state index contributed by atoms with van der Waals surface area (Å²) in [6.45, 7) is 0. The molecule has 2 heterocycles. The molecule has 0 bridgehead atoms. The van der Waals surface area contributed by atoms with E-state index in [1.165, 1.54) is 0 Å². The van der Waals surface area contributed by atoms with E-state index in [0.29, 0.717) is 0 Å². The summed E-state index contributed by atoms with van der Waals surface area (Å²) in [5.74, 6) is 0.832. The lowest BCUT2D eigenvalue weighted by Crippen LogP contribution is -1.92. The Bertz CT molecular complexity index is 974. The highest BCUT2D eigenvalue weighted by atomic mass is 16.5. The molecule has 0 aliphatic rings. The van der Waals surface area contributed by atoms with Crippen LogP contribution < -0.4 is 4.74 Å². The predicted octanol–water partition coefficient (Wildman–Crippen LogP) is 3.80. The molecule has 22 heavy (non-hydrogen) atoms. The van der Waals surface area contributed by atoms with Gasteiger partial charge in [0.15, 0.2) is 5.65 Å². The molecule has 0 saturated heterocycles. The van der Waals surface area contributed by atoms with Gasteiger partial charge in [-0.05, 0) is 24.3 Å². The van der Waals surface area contributed by atoms with Crippen LogP contribution in [-0.4, -0.2) is 21.9 Å². The molecule has 4 aromatic rings. The summed E-state index contributed by atoms with van der Waals surface area (Å²) >= 11 is 0. The van der Waals surface area contributed by atoms with Gasteiger partial charge >= 0.3 is 0 Å². The van der Waals surface area contributed by atoms with E-state index >= 15 is 0 Å². The molecule has 2 aromatic heterocycles. The number of nitrogens with zero attached hydrogens (tertiary/aromatic N) is 3. The van der Waals surface area contributed by atoms with Crippen molar-refractivity contribution in [2.45, 2.75) is 0 Å². The van der Waals surface area contributed by atoms with Crippen molar-refractivity contribution in [1.29, 1.82) is 0 Å². The molecule has 0 fully saturated rings. The van der Waals surface area contributed by atoms with Crippen molar-refractivity contribution in [3.8, 4) is 17.0 Å². The molecule has 2 aromatic carbocycles. The number of methoxy groups -OCH3 is 1. The highest BCUT2D eigenvalue weighted by Gasteiger charge is 2.13. The summed E-state index contributed by atoms with van der Waals surface area (Å²) in [6.07, 6.45) is 0. The molecule has 0 amide bonds. The Morgan fingerprint density at radius 2 is 1.82 bits per heavy atom. The fourth-order valence-electron chi connectivity index (χ4n) is 2.75. The average Bonchev–Trinajstić information content (AvgIpc) is 2.89. The number of rotatable bonds is 2. The summed E-state index contributed by atoms with van der Waals surface area (Å²) in [6, 6.07) is 18.2. The number of aromatic nitrogens is 3. The highest BCUT2D eigenvalue weighted by Crippen LogP contribution is 2.30. The zero-order valence-electron chi connectivity index (χ0n) is 12.4. The lowest BCUT2D eigenvalue weighted by Gasteiger charge is -2.03. The molecule has 0 unspecified atom stereocenters. The summed E-state index contributed by atoms with van der Waals surface area (Å²) < 4.78 is 7.14. The first-order valence-electron chi connectivity index (χ1n) is 7.13. The minimum absolute atomic E-state index is 0.832. The fraction of sp³-hybridized carbons (Fsp3) is 0.111. The van der Waals surface area contributed by atoms with Crippen LogP contribution in [0.5, 0.6) is 5.75 Å². The first-order chi connectivity index (χ1) is 10.8. The second-order valence-electron chi connectivity index (χ2n) is 5.26. The van der Waals surface area contributed by atoms with E-state index in [9.17, 15) is 0 Å². The second kappa shape index (κ2) is 4.84. The Morgan fingerprint density at radius 1 is 1.00 bits per heavy atom. The van der Waals surface area contributed by atoms with E-state index in [-0.39, 0.29) is 0 Å². The maximum Gasteiger partial charge on any atom is 0.158 e. The molecule has 4 heteroatoms. The van der Waals surface area contributed by atoms with Crippen LogP contribution in [-0.2, 0) is 7.05 Å². The van der Waals surface area contributed by atoms with E-state index in [1.807, 2.05) is 48.1 Å². The highest BCUT2D eigenvalue weighted by molar-refractivity contribution is 5.99. The van der Waals surface area contributed by atoms with Crippen LogP contribution in [0.25, 0.3) is 33.2 Å². The molecule has 108 valence electrons. The van der Waals surface area contributed by atoms with Crippen LogP contribution in [0.2, 0.25) is 0 Å². The minimum atomic E-state index is 0.832. The molecule has 4 rings (SSSR count). The lowest BCUT2D eigenvalue weighted by molar-refractivity contribution is 0.415. The molecule has 0 saturated carbocycles. The van der Waals surface area contributed by atoms with Crippen molar-refractivity contribution in [2.75, 3.05) is 7.11 Å². The first kappa shape index (κ1) is 12.8. The van der Waals surface area contributed by atoms with Gasteiger partial charge in [0.2, 0.25) is 0 Å². The van der Waals surface area contributed by atoms with Gasteiger partial charge in [-0.1, -0.05) is 30.3 Å². The molecular weight excluding hydrogens is 274 g/mol. The van der Waals surface area contributed by atoms with Gasteiger partial charge in [0, 0.05) is 23.4 Å². The molecule has 0 aliphatic heterocycles. The second-order valence-corrected chi connectivity index (χ2v) is 5.26. The van der Waals surface area contributed by atoms with Gasteiger partial charge in [-0.25, -0.2) is 9.67 Å². The quantitative estimate of drug-likeness (QED) is 0.563. The van der Waals surface area contributed by atoms with Crippen molar-refractivity contribution in [1.82, 2.24) is 14.8 Å². The van der Waals surface area contributed by atoms with Crippen LogP contribution >= 0.6 is 0 Å². The standard InChI is InChI=1S/C18H15N3O/c1-21-18-15(17(20-21)12-6-4-3-5-7-12)11-13-10-14(22-2)8-9-16(13)19-18/h3-11H,1-2H3. The normalized spacial score (nSPS) is 11.2. The molecule has 0 aliphatic carbocycles. The molecule has 0 N–H and O–H groups in total. The van der Waals surface area contributed by atoms with E-state index in [0.717, 1.165) is 38.9 Å². The van der Waals surface area contributed by atoms with Crippen molar-refractivity contribution in [3.63, 3.8) is 0 Å². The summed E-state index contributed by atoms with van der Waals surface area (Å²) in [5, 5.41) is 6.75. The lowest BCUT2D eigenvalue weighted by atomic mass is 10.1. The Hall–Kier alpha value is -2.88. The van der Waals surface area contributed by atoms with Crippen molar-refractivity contribution in [2.24, 2.45) is 7.05 Å². The molecule has 0 atom stereocenters. The third-order valence-electron chi connectivity index (χ3n) is 3.86. The van der Waals surface area contributed by atoms with Gasteiger partial charge in [-0.3, -0.25) is 0 Å². The number of benzene rings is 2. The largest absolute Gasteiger partial charge is 0.497 e. The summed E-state index contributed by atoms with van der Waals surface area (Å²) in [7, 11) is 3.60. The smallest absolute Gasteiger partial charge is 0.158 e. The van der Waals surface area contributed by atoms with E-state index in [2.05, 4.69) is 23.3 Å². The molecule has 4 nitrogen and oxygen atoms in total. The average molecular weight is 289 g/mol. The zero-order valence-corrected chi connectivity index (χ0v) is 12.4. The van der Waals surface area contributed by atoms with Gasteiger partial charge in [-0.2, -0.15) is 5.10 Å². The van der Waals surface area contributed by atoms with Gasteiger partial charge in [0.1, 0.15) is 11.4 Å². The third-order valence-corrected chi connectivity index (χ3v) is 3.86. The van der Waals surface area contributed by atoms with E-state index in [4.69, 9.17) is 9.72 Å². The Morgan fingerprint density at radius 3 is 2.59 bits per heavy atom. The van der Waals surface area contributed by atoms with Crippen LogP contribution in [0, 0.1) is 0 Å². The summed E-state index contributed by atoms with van der Waals surface area (Å²) in [5.41, 5.74) is 3.87. The molecule has 0 radical (unpaired) electrons. The van der Waals surface area contributed by atoms with Crippen molar-refractivity contribution in [3.05, 3.63) is 54.6 Å². The monoisotopic (exact) mass is 289 g/mol. The number of aryl methyl sites for hydroxylation is 1. The Kier molecular flexibility index (Phi) is 2.82. The molecule has 0 spiro atoms. The molecular formula is C18H15N3O. The number of fused-ring (bicyclic) bond motifs is 2. The van der Waals surface area contributed by atoms with Gasteiger partial charge in [-0.15, -0.1) is 0 Å². The number of ether oxygens (including phenoxy) is 1. The van der Waals surface area contributed by atoms with E-state index < -0.39 is 0 Å². The maximum atomic E-state index is 5.31. The van der Waals surface area contributed by atoms with Crippen LogP contribution in [0.4, 0.5) is 0 Å². The number of hydrogen-bond donors (Lipinski definition) is 0. The third kappa shape index (κ3) is 1.92. The van der Waals surface area contributed by atoms with Crippen molar-refractivity contribution < 1.29 is 4.74 Å². The zero-order chi connectivity index (χ0) is 15.1. The number of hydrogen-bond acceptors (Lipinski definition) is 3. The summed E-state index contributed by atoms with van der Waals surface area (Å²) in [4.78, 5) is 4.74. The van der Waals surface area contributed by atoms with Gasteiger partial charge in [0.05, 0.1) is 12.6 Å². The fourth-order valence-corrected chi connectivity index (χ4v) is 2.75. The van der Waals surface area contributed by atoms with Crippen LogP contribution in [0.3, 0.4) is 0 Å². The van der Waals surface area contributed by atoms with Gasteiger partial charge in [0.25, 0.3) is 0 Å². The Labute approximate surface area is 128 Å². The maximum absolute atomic E-state index is 5.31. The first-order valence-corrected chi connectivity index (χ1v) is 7.13. The van der Waals surface area contributed by atoms with Crippen molar-refractivity contribution >= 4 is 21.9 Å². The van der Waals surface area contributed by atoms with Gasteiger partial charge < -0.3 is 4.74 Å². The number of pyridine rings is 1. The van der Waals surface area contributed by atoms with Crippen LogP contribution in [0.1, 0.15) is 0 Å². The predicted molar refractivity (Wildman–Crippen MR) is 88.0 cm³/mol. The van der Waals surface area contributed by atoms with E-state index in [1.54, 1.807) is 7.11 Å². The van der Waals surface area contributed by atoms with Crippen LogP contribution in [0.15, 0.2) is 54.6 Å². The topological polar surface area (TPSA) is 39.9 Å².